The molecule has 0 N–H and O–H groups in total. The molecule has 3 aliphatic heterocycles. The van der Waals surface area contributed by atoms with Crippen LogP contribution in [0.5, 0.6) is 0 Å². The minimum Gasteiger partial charge on any atom is -0.364 e. The van der Waals surface area contributed by atoms with Crippen molar-refractivity contribution in [3.8, 4) is 0 Å². The molecule has 0 spiro atoms. The van der Waals surface area contributed by atoms with E-state index < -0.39 is 0 Å². The van der Waals surface area contributed by atoms with Crippen LogP contribution in [0.4, 0.5) is 11.4 Å². The summed E-state index contributed by atoms with van der Waals surface area (Å²) in [6.07, 6.45) is 7.25. The molecule has 0 aliphatic carbocycles. The number of amides is 2. The topological polar surface area (TPSA) is 72.9 Å². The van der Waals surface area contributed by atoms with Gasteiger partial charge in [0.1, 0.15) is 6.33 Å². The molecule has 1 aromatic heterocycles. The molecular weight excluding hydrogens is 536 g/mol. The third kappa shape index (κ3) is 6.16. The van der Waals surface area contributed by atoms with Crippen LogP contribution in [0.15, 0.2) is 60.9 Å². The molecule has 0 bridgehead atoms. The zero-order valence-corrected chi connectivity index (χ0v) is 25.8. The first-order valence-electron chi connectivity index (χ1n) is 15.9. The predicted molar refractivity (Wildman–Crippen MR) is 170 cm³/mol. The van der Waals surface area contributed by atoms with E-state index >= 15 is 0 Å². The van der Waals surface area contributed by atoms with Gasteiger partial charge in [0.15, 0.2) is 0 Å². The molecule has 0 radical (unpaired) electrons. The number of benzene rings is 2. The van der Waals surface area contributed by atoms with Crippen LogP contribution in [0.3, 0.4) is 0 Å². The molecule has 6 rings (SSSR count). The molecule has 3 aliphatic rings. The van der Waals surface area contributed by atoms with E-state index in [0.29, 0.717) is 18.0 Å². The van der Waals surface area contributed by atoms with Gasteiger partial charge in [0, 0.05) is 68.6 Å². The Bertz CT molecular complexity index is 1410. The van der Waals surface area contributed by atoms with E-state index in [0.717, 1.165) is 88.4 Å². The molecule has 2 aromatic carbocycles. The zero-order valence-electron chi connectivity index (χ0n) is 25.8. The summed E-state index contributed by atoms with van der Waals surface area (Å²) in [5, 5.41) is 0. The number of anilines is 2. The summed E-state index contributed by atoms with van der Waals surface area (Å²) in [6.45, 7) is 11.5. The predicted octanol–water partition coefficient (Wildman–Crippen LogP) is 5.39. The molecule has 43 heavy (non-hydrogen) atoms. The first kappa shape index (κ1) is 29.3. The van der Waals surface area contributed by atoms with Gasteiger partial charge in [-0.2, -0.15) is 0 Å². The lowest BCUT2D eigenvalue weighted by Gasteiger charge is -2.50. The number of aromatic nitrogens is 2. The van der Waals surface area contributed by atoms with Gasteiger partial charge < -0.3 is 14.7 Å². The summed E-state index contributed by atoms with van der Waals surface area (Å²) in [5.41, 5.74) is 5.79. The van der Waals surface area contributed by atoms with Gasteiger partial charge in [-0.05, 0) is 82.7 Å². The second-order valence-corrected chi connectivity index (χ2v) is 12.7. The number of hydrogen-bond donors (Lipinski definition) is 0. The van der Waals surface area contributed by atoms with Crippen molar-refractivity contribution in [1.29, 1.82) is 0 Å². The first-order valence-corrected chi connectivity index (χ1v) is 15.9. The van der Waals surface area contributed by atoms with E-state index in [4.69, 9.17) is 0 Å². The van der Waals surface area contributed by atoms with Crippen LogP contribution < -0.4 is 9.80 Å². The average Bonchev–Trinajstić information content (AvgIpc) is 3.46. The highest BCUT2D eigenvalue weighted by atomic mass is 16.2. The molecule has 3 aromatic rings. The van der Waals surface area contributed by atoms with Crippen LogP contribution in [0.25, 0.3) is 0 Å². The molecule has 226 valence electrons. The number of rotatable bonds is 7. The van der Waals surface area contributed by atoms with Gasteiger partial charge in [-0.3, -0.25) is 14.5 Å². The lowest BCUT2D eigenvalue weighted by atomic mass is 9.85. The van der Waals surface area contributed by atoms with Gasteiger partial charge in [-0.1, -0.05) is 30.3 Å². The molecular formula is C35H44N6O2. The normalized spacial score (nSPS) is 19.6. The Morgan fingerprint density at radius 3 is 2.16 bits per heavy atom. The van der Waals surface area contributed by atoms with E-state index in [2.05, 4.69) is 81.3 Å². The standard InChI is InChI=1S/C35H44N6O2/c1-26-33(27(2)37-25-36-26)34(43)38-22-17-35(3,18-23-38)39-20-15-31(16-21-39)41(24-28-8-5-4-6-9-28)30-13-11-29(12-14-30)40-19-7-10-32(40)42/h4-6,8-9,11-14,25,31H,7,10,15-24H2,1-3H3. The molecule has 0 atom stereocenters. The highest BCUT2D eigenvalue weighted by Gasteiger charge is 2.40. The zero-order chi connectivity index (χ0) is 30.0. The maximum absolute atomic E-state index is 13.4. The average molecular weight is 581 g/mol. The van der Waals surface area contributed by atoms with Crippen molar-refractivity contribution in [3.05, 3.63) is 83.4 Å². The van der Waals surface area contributed by atoms with Crippen LogP contribution in [0, 0.1) is 13.8 Å². The highest BCUT2D eigenvalue weighted by molar-refractivity contribution is 5.96. The maximum Gasteiger partial charge on any atom is 0.257 e. The fourth-order valence-corrected chi connectivity index (χ4v) is 7.24. The van der Waals surface area contributed by atoms with Crippen LogP contribution in [0.1, 0.15) is 72.8 Å². The molecule has 4 heterocycles. The molecule has 0 saturated carbocycles. The molecule has 8 heteroatoms. The Balaban J connectivity index is 1.11. The quantitative estimate of drug-likeness (QED) is 0.373. The fraction of sp³-hybridized carbons (Fsp3) is 0.486. The van der Waals surface area contributed by atoms with Crippen LogP contribution >= 0.6 is 0 Å². The third-order valence-corrected chi connectivity index (χ3v) is 10.00. The number of piperidine rings is 2. The Labute approximate surface area is 255 Å². The van der Waals surface area contributed by atoms with Crippen molar-refractivity contribution in [2.75, 3.05) is 42.5 Å². The van der Waals surface area contributed by atoms with Crippen LogP contribution in [0.2, 0.25) is 0 Å². The largest absolute Gasteiger partial charge is 0.364 e. The minimum atomic E-state index is 0.0630. The number of carbonyl (C=O) groups is 2. The van der Waals surface area contributed by atoms with Crippen molar-refractivity contribution in [3.63, 3.8) is 0 Å². The van der Waals surface area contributed by atoms with E-state index in [-0.39, 0.29) is 17.4 Å². The van der Waals surface area contributed by atoms with Crippen LogP contribution in [-0.4, -0.2) is 75.9 Å². The fourth-order valence-electron chi connectivity index (χ4n) is 7.24. The number of carbonyl (C=O) groups excluding carboxylic acids is 2. The summed E-state index contributed by atoms with van der Waals surface area (Å²) < 4.78 is 0. The maximum atomic E-state index is 13.4. The molecule has 3 fully saturated rings. The lowest BCUT2D eigenvalue weighted by molar-refractivity contribution is -0.117. The highest BCUT2D eigenvalue weighted by Crippen LogP contribution is 2.35. The van der Waals surface area contributed by atoms with Gasteiger partial charge in [0.25, 0.3) is 5.91 Å². The Morgan fingerprint density at radius 2 is 1.56 bits per heavy atom. The first-order chi connectivity index (χ1) is 20.8. The Kier molecular flexibility index (Phi) is 8.48. The van der Waals surface area contributed by atoms with Crippen molar-refractivity contribution < 1.29 is 9.59 Å². The molecule has 0 unspecified atom stereocenters. The van der Waals surface area contributed by atoms with Gasteiger partial charge >= 0.3 is 0 Å². The van der Waals surface area contributed by atoms with Gasteiger partial charge in [0.05, 0.1) is 17.0 Å². The van der Waals surface area contributed by atoms with Gasteiger partial charge in [0.2, 0.25) is 5.91 Å². The number of aryl methyl sites for hydroxylation is 2. The summed E-state index contributed by atoms with van der Waals surface area (Å²) >= 11 is 0. The second kappa shape index (κ2) is 12.4. The van der Waals surface area contributed by atoms with E-state index in [9.17, 15) is 9.59 Å². The summed E-state index contributed by atoms with van der Waals surface area (Å²) in [7, 11) is 0. The number of hydrogen-bond acceptors (Lipinski definition) is 6. The minimum absolute atomic E-state index is 0.0630. The van der Waals surface area contributed by atoms with E-state index in [1.54, 1.807) is 0 Å². The lowest BCUT2D eigenvalue weighted by Crippen LogP contribution is -2.58. The molecule has 8 nitrogen and oxygen atoms in total. The van der Waals surface area contributed by atoms with Crippen molar-refractivity contribution >= 4 is 23.2 Å². The molecule has 2 amide bonds. The monoisotopic (exact) mass is 580 g/mol. The van der Waals surface area contributed by atoms with E-state index in [1.807, 2.05) is 23.6 Å². The summed E-state index contributed by atoms with van der Waals surface area (Å²) in [6, 6.07) is 19.8. The smallest absolute Gasteiger partial charge is 0.257 e. The Morgan fingerprint density at radius 1 is 0.907 bits per heavy atom. The molecule has 3 saturated heterocycles. The van der Waals surface area contributed by atoms with Crippen molar-refractivity contribution in [2.24, 2.45) is 0 Å². The summed E-state index contributed by atoms with van der Waals surface area (Å²) in [5.74, 6) is 0.289. The van der Waals surface area contributed by atoms with Crippen molar-refractivity contribution in [1.82, 2.24) is 19.8 Å². The van der Waals surface area contributed by atoms with Gasteiger partial charge in [-0.25, -0.2) is 9.97 Å². The summed E-state index contributed by atoms with van der Waals surface area (Å²) in [4.78, 5) is 43.3. The van der Waals surface area contributed by atoms with Gasteiger partial charge in [-0.15, -0.1) is 0 Å². The van der Waals surface area contributed by atoms with Crippen molar-refractivity contribution in [2.45, 2.75) is 77.4 Å². The second-order valence-electron chi connectivity index (χ2n) is 12.7. The third-order valence-electron chi connectivity index (χ3n) is 10.00. The van der Waals surface area contributed by atoms with Crippen LogP contribution in [-0.2, 0) is 11.3 Å². The number of nitrogens with zero attached hydrogens (tertiary/aromatic N) is 6. The Hall–Kier alpha value is -3.78. The van der Waals surface area contributed by atoms with E-state index in [1.165, 1.54) is 17.6 Å². The number of likely N-dealkylation sites (tertiary alicyclic amines) is 2. The SMILES string of the molecule is Cc1ncnc(C)c1C(=O)N1CCC(C)(N2CCC(N(Cc3ccccc3)c3ccc(N4CCCC4=O)cc3)CC2)CC1.